The van der Waals surface area contributed by atoms with Crippen molar-refractivity contribution in [2.75, 3.05) is 26.2 Å². The maximum atomic E-state index is 5.88. The summed E-state index contributed by atoms with van der Waals surface area (Å²) in [5, 5.41) is 6.92. The van der Waals surface area contributed by atoms with Crippen LogP contribution in [0, 0.1) is 0 Å². The second kappa shape index (κ2) is 9.96. The largest absolute Gasteiger partial charge is 0.469 e. The molecule has 3 heterocycles. The summed E-state index contributed by atoms with van der Waals surface area (Å²) in [6.07, 6.45) is 6.82. The lowest BCUT2D eigenvalue weighted by atomic mass is 9.94. The van der Waals surface area contributed by atoms with Crippen molar-refractivity contribution in [2.45, 2.75) is 65.0 Å². The summed E-state index contributed by atoms with van der Waals surface area (Å²) in [7, 11) is 0. The van der Waals surface area contributed by atoms with Crippen molar-refractivity contribution in [1.82, 2.24) is 20.5 Å². The Balaban J connectivity index is 1.59. The van der Waals surface area contributed by atoms with Crippen molar-refractivity contribution in [3.63, 3.8) is 0 Å². The highest BCUT2D eigenvalue weighted by molar-refractivity contribution is 5.79. The normalized spacial score (nSPS) is 18.3. The van der Waals surface area contributed by atoms with Crippen LogP contribution in [0.1, 0.15) is 57.9 Å². The molecule has 0 radical (unpaired) electrons. The van der Waals surface area contributed by atoms with Gasteiger partial charge < -0.3 is 19.5 Å². The molecule has 0 saturated carbocycles. The van der Waals surface area contributed by atoms with Crippen molar-refractivity contribution < 1.29 is 8.83 Å². The van der Waals surface area contributed by atoms with Gasteiger partial charge >= 0.3 is 0 Å². The van der Waals surface area contributed by atoms with Gasteiger partial charge in [0.15, 0.2) is 5.96 Å². The maximum Gasteiger partial charge on any atom is 0.216 e. The SMILES string of the molecule is CCN1CCCC1CNC(=NCc1ncc(C(C)(C)C)o1)NCCc1ccco1. The lowest BCUT2D eigenvalue weighted by Crippen LogP contribution is -2.45. The molecule has 2 aromatic heterocycles. The van der Waals surface area contributed by atoms with Crippen LogP contribution in [0.15, 0.2) is 38.4 Å². The van der Waals surface area contributed by atoms with Crippen molar-refractivity contribution in [3.05, 3.63) is 42.0 Å². The Labute approximate surface area is 174 Å². The molecule has 1 aliphatic heterocycles. The Morgan fingerprint density at radius 3 is 2.90 bits per heavy atom. The van der Waals surface area contributed by atoms with Gasteiger partial charge in [0.25, 0.3) is 0 Å². The molecule has 2 aromatic rings. The van der Waals surface area contributed by atoms with Crippen LogP contribution >= 0.6 is 0 Å². The smallest absolute Gasteiger partial charge is 0.216 e. The van der Waals surface area contributed by atoms with Gasteiger partial charge in [-0.3, -0.25) is 4.90 Å². The van der Waals surface area contributed by atoms with Gasteiger partial charge in [0.1, 0.15) is 18.1 Å². The van der Waals surface area contributed by atoms with Crippen molar-refractivity contribution in [3.8, 4) is 0 Å². The molecule has 29 heavy (non-hydrogen) atoms. The molecule has 1 aliphatic rings. The third-order valence-electron chi connectivity index (χ3n) is 5.32. The maximum absolute atomic E-state index is 5.88. The molecule has 1 atom stereocenters. The van der Waals surface area contributed by atoms with E-state index in [1.54, 1.807) is 12.5 Å². The Bertz CT molecular complexity index is 761. The van der Waals surface area contributed by atoms with E-state index >= 15 is 0 Å². The average molecular weight is 402 g/mol. The highest BCUT2D eigenvalue weighted by atomic mass is 16.4. The first-order valence-corrected chi connectivity index (χ1v) is 10.7. The number of aromatic nitrogens is 1. The molecule has 0 aliphatic carbocycles. The van der Waals surface area contributed by atoms with Crippen LogP contribution in [-0.2, 0) is 18.4 Å². The standard InChI is InChI=1S/C22H35N5O2/c1-5-27-12-6-8-17(27)14-25-21(23-11-10-18-9-7-13-28-18)26-16-20-24-15-19(29-20)22(2,3)4/h7,9,13,15,17H,5-6,8,10-12,14,16H2,1-4H3,(H2,23,25,26). The number of likely N-dealkylation sites (N-methyl/N-ethyl adjacent to an activating group) is 1. The number of nitrogens with zero attached hydrogens (tertiary/aromatic N) is 3. The van der Waals surface area contributed by atoms with Crippen molar-refractivity contribution in [2.24, 2.45) is 4.99 Å². The molecule has 0 aromatic carbocycles. The van der Waals surface area contributed by atoms with E-state index in [-0.39, 0.29) is 5.41 Å². The molecular formula is C22H35N5O2. The average Bonchev–Trinajstić information content (AvgIpc) is 3.44. The van der Waals surface area contributed by atoms with Gasteiger partial charge in [0, 0.05) is 31.0 Å². The monoisotopic (exact) mass is 401 g/mol. The number of hydrogen-bond acceptors (Lipinski definition) is 5. The van der Waals surface area contributed by atoms with Crippen LogP contribution in [0.25, 0.3) is 0 Å². The predicted molar refractivity (Wildman–Crippen MR) is 115 cm³/mol. The van der Waals surface area contributed by atoms with Crippen LogP contribution in [-0.4, -0.2) is 48.1 Å². The lowest BCUT2D eigenvalue weighted by Gasteiger charge is -2.24. The van der Waals surface area contributed by atoms with Crippen LogP contribution in [0.5, 0.6) is 0 Å². The highest BCUT2D eigenvalue weighted by Gasteiger charge is 2.23. The first-order chi connectivity index (χ1) is 14.0. The van der Waals surface area contributed by atoms with Crippen LogP contribution in [0.2, 0.25) is 0 Å². The summed E-state index contributed by atoms with van der Waals surface area (Å²) in [6.45, 7) is 12.9. The van der Waals surface area contributed by atoms with Crippen LogP contribution in [0.4, 0.5) is 0 Å². The van der Waals surface area contributed by atoms with E-state index in [0.29, 0.717) is 18.5 Å². The zero-order valence-electron chi connectivity index (χ0n) is 18.2. The number of rotatable bonds is 8. The van der Waals surface area contributed by atoms with E-state index in [9.17, 15) is 0 Å². The molecule has 0 spiro atoms. The number of nitrogens with one attached hydrogen (secondary N) is 2. The summed E-state index contributed by atoms with van der Waals surface area (Å²) in [4.78, 5) is 11.6. The number of oxazole rings is 1. The minimum atomic E-state index is -0.0522. The molecule has 0 amide bonds. The van der Waals surface area contributed by atoms with Gasteiger partial charge in [-0.1, -0.05) is 27.7 Å². The molecule has 1 unspecified atom stereocenters. The molecule has 2 N–H and O–H groups in total. The molecule has 7 nitrogen and oxygen atoms in total. The zero-order chi connectivity index (χ0) is 20.7. The second-order valence-corrected chi connectivity index (χ2v) is 8.59. The summed E-state index contributed by atoms with van der Waals surface area (Å²) < 4.78 is 11.3. The van der Waals surface area contributed by atoms with Crippen LogP contribution in [0.3, 0.4) is 0 Å². The molecule has 1 saturated heterocycles. The van der Waals surface area contributed by atoms with E-state index in [1.165, 1.54) is 19.4 Å². The Kier molecular flexibility index (Phi) is 7.36. The summed E-state index contributed by atoms with van der Waals surface area (Å²) in [6, 6.07) is 4.47. The number of aliphatic imine (C=N–C) groups is 1. The number of likely N-dealkylation sites (tertiary alicyclic amines) is 1. The third-order valence-corrected chi connectivity index (χ3v) is 5.32. The summed E-state index contributed by atoms with van der Waals surface area (Å²) in [5.41, 5.74) is -0.0522. The van der Waals surface area contributed by atoms with E-state index in [4.69, 9.17) is 13.8 Å². The predicted octanol–water partition coefficient (Wildman–Crippen LogP) is 3.33. The minimum Gasteiger partial charge on any atom is -0.469 e. The fraction of sp³-hybridized carbons (Fsp3) is 0.636. The molecule has 1 fully saturated rings. The van der Waals surface area contributed by atoms with Gasteiger partial charge in [-0.25, -0.2) is 9.98 Å². The summed E-state index contributed by atoms with van der Waals surface area (Å²) in [5.74, 6) is 3.27. The first kappa shape index (κ1) is 21.4. The fourth-order valence-corrected chi connectivity index (χ4v) is 3.57. The minimum absolute atomic E-state index is 0.0522. The van der Waals surface area contributed by atoms with Gasteiger partial charge in [0.2, 0.25) is 5.89 Å². The second-order valence-electron chi connectivity index (χ2n) is 8.59. The Hall–Kier alpha value is -2.28. The summed E-state index contributed by atoms with van der Waals surface area (Å²) >= 11 is 0. The van der Waals surface area contributed by atoms with E-state index < -0.39 is 0 Å². The number of furan rings is 1. The molecule has 0 bridgehead atoms. The fourth-order valence-electron chi connectivity index (χ4n) is 3.57. The zero-order valence-corrected chi connectivity index (χ0v) is 18.2. The van der Waals surface area contributed by atoms with Gasteiger partial charge in [-0.2, -0.15) is 0 Å². The van der Waals surface area contributed by atoms with Gasteiger partial charge in [0.05, 0.1) is 12.5 Å². The van der Waals surface area contributed by atoms with E-state index in [2.05, 4.69) is 48.2 Å². The van der Waals surface area contributed by atoms with Crippen molar-refractivity contribution in [1.29, 1.82) is 0 Å². The molecular weight excluding hydrogens is 366 g/mol. The van der Waals surface area contributed by atoms with Crippen LogP contribution < -0.4 is 10.6 Å². The number of hydrogen-bond donors (Lipinski definition) is 2. The van der Waals surface area contributed by atoms with E-state index in [1.807, 2.05) is 12.1 Å². The molecule has 160 valence electrons. The lowest BCUT2D eigenvalue weighted by molar-refractivity contribution is 0.267. The van der Waals surface area contributed by atoms with Gasteiger partial charge in [-0.05, 0) is 38.1 Å². The molecule has 3 rings (SSSR count). The number of guanidine groups is 1. The molecule has 7 heteroatoms. The highest BCUT2D eigenvalue weighted by Crippen LogP contribution is 2.22. The Morgan fingerprint density at radius 2 is 2.21 bits per heavy atom. The first-order valence-electron chi connectivity index (χ1n) is 10.7. The quantitative estimate of drug-likeness (QED) is 0.522. The Morgan fingerprint density at radius 1 is 1.34 bits per heavy atom. The topological polar surface area (TPSA) is 78.8 Å². The van der Waals surface area contributed by atoms with Gasteiger partial charge in [-0.15, -0.1) is 0 Å². The van der Waals surface area contributed by atoms with Crippen molar-refractivity contribution >= 4 is 5.96 Å². The third kappa shape index (κ3) is 6.35. The van der Waals surface area contributed by atoms with E-state index in [0.717, 1.165) is 43.5 Å².